The van der Waals surface area contributed by atoms with Crippen LogP contribution in [0.5, 0.6) is 5.75 Å². The van der Waals surface area contributed by atoms with Crippen molar-refractivity contribution in [2.24, 2.45) is 0 Å². The number of amides is 1. The molecule has 1 aliphatic carbocycles. The minimum atomic E-state index is -0.0178. The zero-order valence-electron chi connectivity index (χ0n) is 13.3. The molecule has 0 spiro atoms. The van der Waals surface area contributed by atoms with Gasteiger partial charge in [0.15, 0.2) is 0 Å². The Balaban J connectivity index is 2.03. The molecule has 4 heteroatoms. The largest absolute Gasteiger partial charge is 0.497 e. The third-order valence-electron chi connectivity index (χ3n) is 4.66. The Labute approximate surface area is 127 Å². The van der Waals surface area contributed by atoms with E-state index >= 15 is 0 Å². The number of nitrogens with zero attached hydrogens (tertiary/aromatic N) is 1. The predicted molar refractivity (Wildman–Crippen MR) is 85.9 cm³/mol. The highest BCUT2D eigenvalue weighted by atomic mass is 16.5. The molecule has 0 radical (unpaired) electrons. The molecule has 1 aliphatic rings. The molecular formula is C17H26N2O2. The summed E-state index contributed by atoms with van der Waals surface area (Å²) in [6, 6.07) is 7.61. The molecule has 1 aromatic carbocycles. The summed E-state index contributed by atoms with van der Waals surface area (Å²) in [6.07, 6.45) is 6.44. The van der Waals surface area contributed by atoms with E-state index in [0.29, 0.717) is 6.42 Å². The zero-order chi connectivity index (χ0) is 15.3. The maximum atomic E-state index is 12.6. The van der Waals surface area contributed by atoms with Crippen molar-refractivity contribution in [1.82, 2.24) is 5.32 Å². The Hall–Kier alpha value is -1.55. The van der Waals surface area contributed by atoms with Crippen molar-refractivity contribution in [2.75, 3.05) is 26.1 Å². The first-order valence-corrected chi connectivity index (χ1v) is 7.70. The van der Waals surface area contributed by atoms with E-state index in [4.69, 9.17) is 4.74 Å². The van der Waals surface area contributed by atoms with E-state index in [2.05, 4.69) is 5.32 Å². The summed E-state index contributed by atoms with van der Waals surface area (Å²) in [7, 11) is 5.46. The second-order valence-corrected chi connectivity index (χ2v) is 5.92. The normalized spacial score (nSPS) is 17.3. The monoisotopic (exact) mass is 290 g/mol. The summed E-state index contributed by atoms with van der Waals surface area (Å²) >= 11 is 0. The third kappa shape index (κ3) is 3.76. The number of benzene rings is 1. The highest BCUT2D eigenvalue weighted by Gasteiger charge is 2.33. The average Bonchev–Trinajstić information content (AvgIpc) is 2.55. The quantitative estimate of drug-likeness (QED) is 0.906. The smallest absolute Gasteiger partial charge is 0.228 e. The lowest BCUT2D eigenvalue weighted by Gasteiger charge is -2.37. The van der Waals surface area contributed by atoms with Crippen LogP contribution in [0.4, 0.5) is 5.69 Å². The number of hydrogen-bond acceptors (Lipinski definition) is 3. The van der Waals surface area contributed by atoms with Gasteiger partial charge >= 0.3 is 0 Å². The molecule has 1 N–H and O–H groups in total. The molecule has 0 unspecified atom stereocenters. The third-order valence-corrected chi connectivity index (χ3v) is 4.66. The van der Waals surface area contributed by atoms with Crippen LogP contribution in [0.2, 0.25) is 0 Å². The average molecular weight is 290 g/mol. The lowest BCUT2D eigenvalue weighted by atomic mass is 9.79. The molecule has 0 aliphatic heterocycles. The molecule has 1 aromatic rings. The number of carbonyl (C=O) groups excluding carboxylic acids is 1. The van der Waals surface area contributed by atoms with Gasteiger partial charge in [0.2, 0.25) is 5.91 Å². The lowest BCUT2D eigenvalue weighted by Crippen LogP contribution is -2.48. The Morgan fingerprint density at radius 3 is 2.38 bits per heavy atom. The Morgan fingerprint density at radius 1 is 1.24 bits per heavy atom. The number of hydrogen-bond donors (Lipinski definition) is 1. The van der Waals surface area contributed by atoms with Crippen molar-refractivity contribution < 1.29 is 9.53 Å². The van der Waals surface area contributed by atoms with E-state index < -0.39 is 0 Å². The molecular weight excluding hydrogens is 264 g/mol. The van der Waals surface area contributed by atoms with Gasteiger partial charge in [-0.25, -0.2) is 0 Å². The van der Waals surface area contributed by atoms with Gasteiger partial charge in [-0.2, -0.15) is 0 Å². The van der Waals surface area contributed by atoms with Crippen molar-refractivity contribution in [2.45, 2.75) is 44.1 Å². The topological polar surface area (TPSA) is 41.6 Å². The SMILES string of the molecule is CNC1(CC(=O)N(C)c2ccc(OC)cc2)CCCCC1. The van der Waals surface area contributed by atoms with Crippen LogP contribution < -0.4 is 15.0 Å². The number of carbonyl (C=O) groups is 1. The first-order chi connectivity index (χ1) is 10.1. The Kier molecular flexibility index (Phi) is 5.23. The summed E-state index contributed by atoms with van der Waals surface area (Å²) in [5.74, 6) is 0.968. The van der Waals surface area contributed by atoms with Crippen LogP contribution in [0.15, 0.2) is 24.3 Å². The second-order valence-electron chi connectivity index (χ2n) is 5.92. The van der Waals surface area contributed by atoms with E-state index in [9.17, 15) is 4.79 Å². The van der Waals surface area contributed by atoms with Crippen LogP contribution >= 0.6 is 0 Å². The van der Waals surface area contributed by atoms with Crippen molar-refractivity contribution in [1.29, 1.82) is 0 Å². The summed E-state index contributed by atoms with van der Waals surface area (Å²) < 4.78 is 5.15. The van der Waals surface area contributed by atoms with E-state index in [1.807, 2.05) is 38.4 Å². The standard InChI is InChI=1S/C17H26N2O2/c1-18-17(11-5-4-6-12-17)13-16(20)19(2)14-7-9-15(21-3)10-8-14/h7-10,18H,4-6,11-13H2,1-3H3. The molecule has 0 saturated heterocycles. The lowest BCUT2D eigenvalue weighted by molar-refractivity contribution is -0.120. The number of nitrogens with one attached hydrogen (secondary N) is 1. The Morgan fingerprint density at radius 2 is 1.86 bits per heavy atom. The van der Waals surface area contributed by atoms with Gasteiger partial charge in [-0.15, -0.1) is 0 Å². The maximum Gasteiger partial charge on any atom is 0.228 e. The van der Waals surface area contributed by atoms with Crippen LogP contribution in [0.25, 0.3) is 0 Å². The van der Waals surface area contributed by atoms with E-state index in [1.165, 1.54) is 19.3 Å². The van der Waals surface area contributed by atoms with E-state index in [0.717, 1.165) is 24.3 Å². The van der Waals surface area contributed by atoms with Crippen LogP contribution in [0.3, 0.4) is 0 Å². The summed E-state index contributed by atoms with van der Waals surface area (Å²) in [4.78, 5) is 14.3. The first kappa shape index (κ1) is 15.8. The highest BCUT2D eigenvalue weighted by molar-refractivity contribution is 5.93. The van der Waals surface area contributed by atoms with Gasteiger partial charge in [0.05, 0.1) is 7.11 Å². The maximum absolute atomic E-state index is 12.6. The van der Waals surface area contributed by atoms with Crippen molar-refractivity contribution in [3.8, 4) is 5.75 Å². The minimum Gasteiger partial charge on any atom is -0.497 e. The molecule has 1 saturated carbocycles. The van der Waals surface area contributed by atoms with E-state index in [-0.39, 0.29) is 11.4 Å². The predicted octanol–water partition coefficient (Wildman–Crippen LogP) is 2.97. The van der Waals surface area contributed by atoms with Crippen molar-refractivity contribution in [3.05, 3.63) is 24.3 Å². The zero-order valence-corrected chi connectivity index (χ0v) is 13.3. The molecule has 2 rings (SSSR count). The van der Waals surface area contributed by atoms with Gasteiger partial charge in [0.1, 0.15) is 5.75 Å². The van der Waals surface area contributed by atoms with Gasteiger partial charge in [-0.3, -0.25) is 4.79 Å². The highest BCUT2D eigenvalue weighted by Crippen LogP contribution is 2.31. The van der Waals surface area contributed by atoms with Gasteiger partial charge in [-0.05, 0) is 44.2 Å². The molecule has 0 bridgehead atoms. The number of rotatable bonds is 5. The van der Waals surface area contributed by atoms with E-state index in [1.54, 1.807) is 12.0 Å². The first-order valence-electron chi connectivity index (χ1n) is 7.70. The fourth-order valence-electron chi connectivity index (χ4n) is 3.10. The summed E-state index contributed by atoms with van der Waals surface area (Å²) in [6.45, 7) is 0. The van der Waals surface area contributed by atoms with Gasteiger partial charge in [0.25, 0.3) is 0 Å². The van der Waals surface area contributed by atoms with Crippen LogP contribution in [0.1, 0.15) is 38.5 Å². The summed E-state index contributed by atoms with van der Waals surface area (Å²) in [5.41, 5.74) is 0.888. The van der Waals surface area contributed by atoms with Gasteiger partial charge in [-0.1, -0.05) is 19.3 Å². The minimum absolute atomic E-state index is 0.0178. The molecule has 21 heavy (non-hydrogen) atoms. The Bertz CT molecular complexity index is 464. The second kappa shape index (κ2) is 6.94. The molecule has 1 amide bonds. The van der Waals surface area contributed by atoms with Gasteiger partial charge in [0, 0.05) is 24.7 Å². The fraction of sp³-hybridized carbons (Fsp3) is 0.588. The number of ether oxygens (including phenoxy) is 1. The number of methoxy groups -OCH3 is 1. The molecule has 116 valence electrons. The van der Waals surface area contributed by atoms with Crippen LogP contribution in [-0.4, -0.2) is 32.7 Å². The molecule has 4 nitrogen and oxygen atoms in total. The molecule has 0 aromatic heterocycles. The van der Waals surface area contributed by atoms with Crippen LogP contribution in [-0.2, 0) is 4.79 Å². The summed E-state index contributed by atoms with van der Waals surface area (Å²) in [5, 5.41) is 3.41. The van der Waals surface area contributed by atoms with Crippen LogP contribution in [0, 0.1) is 0 Å². The van der Waals surface area contributed by atoms with Gasteiger partial charge < -0.3 is 15.0 Å². The molecule has 0 heterocycles. The van der Waals surface area contributed by atoms with Crippen molar-refractivity contribution >= 4 is 11.6 Å². The fourth-order valence-corrected chi connectivity index (χ4v) is 3.10. The molecule has 0 atom stereocenters. The number of anilines is 1. The van der Waals surface area contributed by atoms with Crippen molar-refractivity contribution in [3.63, 3.8) is 0 Å². The molecule has 1 fully saturated rings.